The highest BCUT2D eigenvalue weighted by Crippen LogP contribution is 2.22. The van der Waals surface area contributed by atoms with Gasteiger partial charge in [-0.1, -0.05) is 17.7 Å². The molecule has 0 aliphatic rings. The van der Waals surface area contributed by atoms with Gasteiger partial charge < -0.3 is 15.0 Å². The summed E-state index contributed by atoms with van der Waals surface area (Å²) in [4.78, 5) is 26.8. The molecular weight excluding hydrogens is 347 g/mol. The van der Waals surface area contributed by atoms with Crippen molar-refractivity contribution >= 4 is 34.1 Å². The zero-order valence-electron chi connectivity index (χ0n) is 13.2. The maximum Gasteiger partial charge on any atom is 0.257 e. The number of carbonyl (C=O) groups is 1. The van der Waals surface area contributed by atoms with E-state index in [1.54, 1.807) is 25.3 Å². The van der Waals surface area contributed by atoms with Crippen LogP contribution >= 0.6 is 11.6 Å². The Labute approximate surface area is 147 Å². The third-order valence-electron chi connectivity index (χ3n) is 3.66. The van der Waals surface area contributed by atoms with Crippen LogP contribution < -0.4 is 10.9 Å². The number of benzene rings is 2. The van der Waals surface area contributed by atoms with E-state index in [2.05, 4.69) is 10.3 Å². The minimum Gasteiger partial charge on any atom is -0.380 e. The minimum atomic E-state index is -0.518. The summed E-state index contributed by atoms with van der Waals surface area (Å²) in [5.74, 6) is -0.991. The Bertz CT molecular complexity index is 1020. The second kappa shape index (κ2) is 7.04. The number of hydrogen-bond donors (Lipinski definition) is 2. The van der Waals surface area contributed by atoms with Crippen molar-refractivity contribution in [1.82, 2.24) is 4.98 Å². The Balaban J connectivity index is 1.94. The van der Waals surface area contributed by atoms with Gasteiger partial charge in [-0.2, -0.15) is 0 Å². The Morgan fingerprint density at radius 1 is 1.24 bits per heavy atom. The maximum absolute atomic E-state index is 13.1. The maximum atomic E-state index is 13.1. The smallest absolute Gasteiger partial charge is 0.257 e. The van der Waals surface area contributed by atoms with Crippen LogP contribution in [-0.2, 0) is 11.3 Å². The van der Waals surface area contributed by atoms with Gasteiger partial charge >= 0.3 is 0 Å². The summed E-state index contributed by atoms with van der Waals surface area (Å²) in [6.07, 6.45) is 0. The van der Waals surface area contributed by atoms with Crippen LogP contribution in [0.2, 0.25) is 5.02 Å². The summed E-state index contributed by atoms with van der Waals surface area (Å²) in [7, 11) is 1.55. The molecule has 3 aromatic rings. The number of aromatic amines is 1. The SMILES string of the molecule is COCc1cc(=O)[nH]c2cc(NC(=O)c3ccc(F)cc3Cl)ccc12. The number of methoxy groups -OCH3 is 1. The number of amides is 1. The first-order valence-corrected chi connectivity index (χ1v) is 7.77. The van der Waals surface area contributed by atoms with Crippen LogP contribution in [0.5, 0.6) is 0 Å². The normalized spacial score (nSPS) is 10.8. The fourth-order valence-electron chi connectivity index (χ4n) is 2.56. The zero-order valence-corrected chi connectivity index (χ0v) is 14.0. The average molecular weight is 361 g/mol. The molecule has 1 amide bonds. The molecule has 0 bridgehead atoms. The summed E-state index contributed by atoms with van der Waals surface area (Å²) in [5.41, 5.74) is 1.70. The topological polar surface area (TPSA) is 71.2 Å². The molecule has 0 aliphatic carbocycles. The lowest BCUT2D eigenvalue weighted by atomic mass is 10.1. The van der Waals surface area contributed by atoms with Crippen molar-refractivity contribution in [2.45, 2.75) is 6.61 Å². The Morgan fingerprint density at radius 2 is 2.04 bits per heavy atom. The van der Waals surface area contributed by atoms with Gasteiger partial charge in [0.2, 0.25) is 5.56 Å². The molecule has 2 aromatic carbocycles. The number of fused-ring (bicyclic) bond motifs is 1. The number of nitrogens with one attached hydrogen (secondary N) is 2. The first-order valence-electron chi connectivity index (χ1n) is 7.39. The molecule has 7 heteroatoms. The summed E-state index contributed by atoms with van der Waals surface area (Å²) in [6, 6.07) is 10.2. The molecule has 25 heavy (non-hydrogen) atoms. The largest absolute Gasteiger partial charge is 0.380 e. The van der Waals surface area contributed by atoms with Crippen molar-refractivity contribution in [3.63, 3.8) is 0 Å². The summed E-state index contributed by atoms with van der Waals surface area (Å²) >= 11 is 5.90. The van der Waals surface area contributed by atoms with Crippen molar-refractivity contribution in [2.75, 3.05) is 12.4 Å². The van der Waals surface area contributed by atoms with Crippen LogP contribution in [0.15, 0.2) is 47.3 Å². The van der Waals surface area contributed by atoms with E-state index in [1.807, 2.05) is 0 Å². The van der Waals surface area contributed by atoms with Gasteiger partial charge in [-0.25, -0.2) is 4.39 Å². The van der Waals surface area contributed by atoms with Crippen LogP contribution in [0.25, 0.3) is 10.9 Å². The molecular formula is C18H14ClFN2O3. The van der Waals surface area contributed by atoms with E-state index in [9.17, 15) is 14.0 Å². The number of rotatable bonds is 4. The first-order chi connectivity index (χ1) is 12.0. The van der Waals surface area contributed by atoms with Gasteiger partial charge in [0.15, 0.2) is 0 Å². The first kappa shape index (κ1) is 17.1. The fourth-order valence-corrected chi connectivity index (χ4v) is 2.81. The van der Waals surface area contributed by atoms with E-state index in [0.717, 1.165) is 23.1 Å². The number of aromatic nitrogens is 1. The molecule has 1 heterocycles. The molecule has 5 nitrogen and oxygen atoms in total. The monoisotopic (exact) mass is 360 g/mol. The van der Waals surface area contributed by atoms with E-state index < -0.39 is 11.7 Å². The van der Waals surface area contributed by atoms with E-state index in [4.69, 9.17) is 16.3 Å². The number of anilines is 1. The second-order valence-corrected chi connectivity index (χ2v) is 5.84. The Kier molecular flexibility index (Phi) is 4.83. The van der Waals surface area contributed by atoms with E-state index in [1.165, 1.54) is 12.1 Å². The summed E-state index contributed by atoms with van der Waals surface area (Å²) in [6.45, 7) is 0.303. The van der Waals surface area contributed by atoms with Gasteiger partial charge in [0.25, 0.3) is 5.91 Å². The van der Waals surface area contributed by atoms with Crippen molar-refractivity contribution in [2.24, 2.45) is 0 Å². The molecule has 0 spiro atoms. The lowest BCUT2D eigenvalue weighted by Crippen LogP contribution is -2.13. The number of halogens is 2. The van der Waals surface area contributed by atoms with E-state index in [-0.39, 0.29) is 16.1 Å². The highest BCUT2D eigenvalue weighted by molar-refractivity contribution is 6.34. The predicted molar refractivity (Wildman–Crippen MR) is 94.6 cm³/mol. The molecule has 2 N–H and O–H groups in total. The van der Waals surface area contributed by atoms with Crippen LogP contribution in [0.4, 0.5) is 10.1 Å². The lowest BCUT2D eigenvalue weighted by Gasteiger charge is -2.10. The molecule has 1 aromatic heterocycles. The highest BCUT2D eigenvalue weighted by atomic mass is 35.5. The van der Waals surface area contributed by atoms with Crippen molar-refractivity contribution in [3.05, 3.63) is 74.8 Å². The quantitative estimate of drug-likeness (QED) is 0.745. The molecule has 0 unspecified atom stereocenters. The molecule has 0 aliphatic heterocycles. The van der Waals surface area contributed by atoms with Crippen LogP contribution in [0.1, 0.15) is 15.9 Å². The number of ether oxygens (including phenoxy) is 1. The highest BCUT2D eigenvalue weighted by Gasteiger charge is 2.12. The number of H-pyrrole nitrogens is 1. The van der Waals surface area contributed by atoms with E-state index in [0.29, 0.717) is 17.8 Å². The van der Waals surface area contributed by atoms with Crippen LogP contribution in [0.3, 0.4) is 0 Å². The van der Waals surface area contributed by atoms with E-state index >= 15 is 0 Å². The van der Waals surface area contributed by atoms with Crippen molar-refractivity contribution in [1.29, 1.82) is 0 Å². The minimum absolute atomic E-state index is 0.0223. The van der Waals surface area contributed by atoms with Gasteiger partial charge in [-0.3, -0.25) is 9.59 Å². The average Bonchev–Trinajstić information content (AvgIpc) is 2.54. The molecule has 0 saturated heterocycles. The number of carbonyl (C=O) groups excluding carboxylic acids is 1. The standard InChI is InChI=1S/C18H14ClFN2O3/c1-25-9-10-6-17(23)22-16-8-12(3-5-13(10)16)21-18(24)14-4-2-11(20)7-15(14)19/h2-8H,9H2,1H3,(H,21,24)(H,22,23). The number of pyridine rings is 1. The van der Waals surface area contributed by atoms with Gasteiger partial charge in [-0.15, -0.1) is 0 Å². The van der Waals surface area contributed by atoms with Crippen LogP contribution in [-0.4, -0.2) is 18.0 Å². The van der Waals surface area contributed by atoms with Gasteiger partial charge in [0.05, 0.1) is 22.7 Å². The Hall–Kier alpha value is -2.70. The van der Waals surface area contributed by atoms with Crippen LogP contribution in [0, 0.1) is 5.82 Å². The Morgan fingerprint density at radius 3 is 2.76 bits per heavy atom. The summed E-state index contributed by atoms with van der Waals surface area (Å²) < 4.78 is 18.2. The third kappa shape index (κ3) is 3.70. The van der Waals surface area contributed by atoms with Gasteiger partial charge in [0, 0.05) is 24.2 Å². The fraction of sp³-hybridized carbons (Fsp3) is 0.111. The van der Waals surface area contributed by atoms with Gasteiger partial charge in [-0.05, 0) is 35.9 Å². The lowest BCUT2D eigenvalue weighted by molar-refractivity contribution is 0.102. The predicted octanol–water partition coefficient (Wildman–Crippen LogP) is 3.72. The molecule has 3 rings (SSSR count). The second-order valence-electron chi connectivity index (χ2n) is 5.43. The van der Waals surface area contributed by atoms with Gasteiger partial charge in [0.1, 0.15) is 5.82 Å². The van der Waals surface area contributed by atoms with Crippen molar-refractivity contribution < 1.29 is 13.9 Å². The molecule has 0 saturated carbocycles. The number of hydrogen-bond acceptors (Lipinski definition) is 3. The van der Waals surface area contributed by atoms with Crippen molar-refractivity contribution in [3.8, 4) is 0 Å². The molecule has 0 atom stereocenters. The molecule has 0 fully saturated rings. The summed E-state index contributed by atoms with van der Waals surface area (Å²) in [5, 5.41) is 3.52. The molecule has 128 valence electrons. The third-order valence-corrected chi connectivity index (χ3v) is 3.97. The zero-order chi connectivity index (χ0) is 18.0. The molecule has 0 radical (unpaired) electrons.